The molecule has 160 valence electrons. The molecule has 1 aromatic heterocycles. The Morgan fingerprint density at radius 3 is 2.63 bits per heavy atom. The van der Waals surface area contributed by atoms with Crippen LogP contribution in [-0.2, 0) is 11.3 Å². The topological polar surface area (TPSA) is 78.4 Å². The van der Waals surface area contributed by atoms with Crippen molar-refractivity contribution in [3.05, 3.63) is 58.9 Å². The third kappa shape index (κ3) is 5.38. The van der Waals surface area contributed by atoms with Gasteiger partial charge in [-0.2, -0.15) is 0 Å². The second kappa shape index (κ2) is 9.75. The number of amides is 2. The van der Waals surface area contributed by atoms with Gasteiger partial charge in [-0.1, -0.05) is 18.6 Å². The molecule has 0 saturated carbocycles. The summed E-state index contributed by atoms with van der Waals surface area (Å²) in [6, 6.07) is 5.96. The van der Waals surface area contributed by atoms with Crippen LogP contribution >= 0.6 is 0 Å². The summed E-state index contributed by atoms with van der Waals surface area (Å²) < 4.78 is 13.0. The normalized spacial score (nSPS) is 16.9. The molecule has 0 aliphatic carbocycles. The van der Waals surface area contributed by atoms with Gasteiger partial charge in [-0.3, -0.25) is 14.5 Å². The Labute approximate surface area is 176 Å². The van der Waals surface area contributed by atoms with Crippen molar-refractivity contribution in [1.82, 2.24) is 25.1 Å². The number of carbonyl (C=O) groups is 2. The molecule has 0 spiro atoms. The number of aromatic nitrogens is 2. The molecule has 0 bridgehead atoms. The van der Waals surface area contributed by atoms with E-state index in [1.54, 1.807) is 44.2 Å². The summed E-state index contributed by atoms with van der Waals surface area (Å²) in [7, 11) is 3.50. The van der Waals surface area contributed by atoms with Gasteiger partial charge in [0.05, 0.1) is 23.8 Å². The van der Waals surface area contributed by atoms with Crippen LogP contribution in [0.15, 0.2) is 30.5 Å². The van der Waals surface area contributed by atoms with Crippen LogP contribution < -0.4 is 5.32 Å². The molecule has 1 N–H and O–H groups in total. The Balaban J connectivity index is 1.69. The number of hydrogen-bond donors (Lipinski definition) is 1. The number of nitrogens with one attached hydrogen (secondary N) is 1. The van der Waals surface area contributed by atoms with Crippen molar-refractivity contribution in [3.8, 4) is 0 Å². The van der Waals surface area contributed by atoms with E-state index in [4.69, 9.17) is 0 Å². The number of piperidine rings is 1. The molecular weight excluding hydrogens is 385 g/mol. The quantitative estimate of drug-likeness (QED) is 0.787. The molecule has 0 unspecified atom stereocenters. The predicted molar refractivity (Wildman–Crippen MR) is 111 cm³/mol. The highest BCUT2D eigenvalue weighted by molar-refractivity contribution is 5.94. The molecule has 1 saturated heterocycles. The Hall–Kier alpha value is -2.87. The smallest absolute Gasteiger partial charge is 0.254 e. The zero-order valence-electron chi connectivity index (χ0n) is 17.7. The highest BCUT2D eigenvalue weighted by atomic mass is 19.1. The Bertz CT molecular complexity index is 901. The number of benzene rings is 1. The minimum Gasteiger partial charge on any atom is -0.348 e. The second-order valence-corrected chi connectivity index (χ2v) is 7.81. The number of hydrogen-bond acceptors (Lipinski definition) is 5. The van der Waals surface area contributed by atoms with E-state index >= 15 is 0 Å². The number of aryl methyl sites for hydroxylation is 1. The largest absolute Gasteiger partial charge is 0.348 e. The average molecular weight is 413 g/mol. The third-order valence-electron chi connectivity index (χ3n) is 5.36. The second-order valence-electron chi connectivity index (χ2n) is 7.81. The minimum absolute atomic E-state index is 0.0299. The maximum absolute atomic E-state index is 13.0. The Morgan fingerprint density at radius 1 is 1.23 bits per heavy atom. The summed E-state index contributed by atoms with van der Waals surface area (Å²) in [5, 5.41) is 2.82. The lowest BCUT2D eigenvalue weighted by Crippen LogP contribution is -2.41. The van der Waals surface area contributed by atoms with Crippen LogP contribution in [0.2, 0.25) is 0 Å². The van der Waals surface area contributed by atoms with Crippen molar-refractivity contribution in [2.75, 3.05) is 27.2 Å². The molecule has 2 aromatic rings. The van der Waals surface area contributed by atoms with Crippen molar-refractivity contribution in [2.24, 2.45) is 0 Å². The molecule has 2 heterocycles. The monoisotopic (exact) mass is 413 g/mol. The maximum Gasteiger partial charge on any atom is 0.254 e. The lowest BCUT2D eigenvalue weighted by molar-refractivity contribution is -0.130. The van der Waals surface area contributed by atoms with Crippen molar-refractivity contribution in [3.63, 3.8) is 0 Å². The van der Waals surface area contributed by atoms with E-state index in [2.05, 4.69) is 20.2 Å². The molecule has 8 heteroatoms. The number of nitrogens with zero attached hydrogens (tertiary/aromatic N) is 4. The summed E-state index contributed by atoms with van der Waals surface area (Å²) >= 11 is 0. The first kappa shape index (κ1) is 21.8. The first-order valence-corrected chi connectivity index (χ1v) is 10.2. The van der Waals surface area contributed by atoms with Crippen LogP contribution in [0, 0.1) is 12.7 Å². The highest BCUT2D eigenvalue weighted by Gasteiger charge is 2.28. The van der Waals surface area contributed by atoms with Gasteiger partial charge in [-0.25, -0.2) is 14.4 Å². The lowest BCUT2D eigenvalue weighted by Gasteiger charge is -2.34. The summed E-state index contributed by atoms with van der Waals surface area (Å²) in [6.07, 6.45) is 4.54. The van der Waals surface area contributed by atoms with Crippen LogP contribution in [0.25, 0.3) is 0 Å². The van der Waals surface area contributed by atoms with E-state index in [-0.39, 0.29) is 23.7 Å². The van der Waals surface area contributed by atoms with Crippen molar-refractivity contribution >= 4 is 11.8 Å². The molecule has 2 amide bonds. The van der Waals surface area contributed by atoms with Crippen molar-refractivity contribution < 1.29 is 14.0 Å². The minimum atomic E-state index is -0.311. The first-order chi connectivity index (χ1) is 14.3. The summed E-state index contributed by atoms with van der Waals surface area (Å²) in [4.78, 5) is 37.5. The lowest BCUT2D eigenvalue weighted by atomic mass is 10.0. The van der Waals surface area contributed by atoms with E-state index in [1.807, 2.05) is 0 Å². The van der Waals surface area contributed by atoms with Crippen molar-refractivity contribution in [1.29, 1.82) is 0 Å². The fraction of sp³-hybridized carbons (Fsp3) is 0.455. The maximum atomic E-state index is 13.0. The van der Waals surface area contributed by atoms with Crippen LogP contribution in [-0.4, -0.2) is 58.8 Å². The van der Waals surface area contributed by atoms with E-state index in [0.29, 0.717) is 30.2 Å². The van der Waals surface area contributed by atoms with Gasteiger partial charge < -0.3 is 10.2 Å². The zero-order chi connectivity index (χ0) is 21.7. The van der Waals surface area contributed by atoms with Gasteiger partial charge in [-0.05, 0) is 44.0 Å². The SMILES string of the molecule is Cc1nc([C@@H]2CCCCN2CC(=O)N(C)C)ncc1C(=O)NCc1ccc(F)cc1. The molecule has 7 nitrogen and oxygen atoms in total. The van der Waals surface area contributed by atoms with Gasteiger partial charge in [-0.15, -0.1) is 0 Å². The predicted octanol–water partition coefficient (Wildman–Crippen LogP) is 2.47. The average Bonchev–Trinajstić information content (AvgIpc) is 2.73. The van der Waals surface area contributed by atoms with Crippen molar-refractivity contribution in [2.45, 2.75) is 38.8 Å². The third-order valence-corrected chi connectivity index (χ3v) is 5.36. The zero-order valence-corrected chi connectivity index (χ0v) is 17.7. The summed E-state index contributed by atoms with van der Waals surface area (Å²) in [6.45, 7) is 3.24. The van der Waals surface area contributed by atoms with E-state index < -0.39 is 0 Å². The van der Waals surface area contributed by atoms with E-state index in [9.17, 15) is 14.0 Å². The van der Waals surface area contributed by atoms with Crippen LogP contribution in [0.1, 0.15) is 52.7 Å². The van der Waals surface area contributed by atoms with Gasteiger partial charge in [0.2, 0.25) is 5.91 Å². The van der Waals surface area contributed by atoms with Crippen LogP contribution in [0.4, 0.5) is 4.39 Å². The molecule has 1 aliphatic heterocycles. The van der Waals surface area contributed by atoms with Gasteiger partial charge >= 0.3 is 0 Å². The Morgan fingerprint density at radius 2 is 1.97 bits per heavy atom. The number of rotatable bonds is 6. The molecule has 1 fully saturated rings. The molecule has 0 radical (unpaired) electrons. The fourth-order valence-corrected chi connectivity index (χ4v) is 3.54. The van der Waals surface area contributed by atoms with Crippen LogP contribution in [0.5, 0.6) is 0 Å². The number of likely N-dealkylation sites (tertiary alicyclic amines) is 1. The van der Waals surface area contributed by atoms with Gasteiger partial charge in [0.25, 0.3) is 5.91 Å². The Kier molecular flexibility index (Phi) is 7.10. The first-order valence-electron chi connectivity index (χ1n) is 10.2. The molecule has 1 atom stereocenters. The van der Waals surface area contributed by atoms with Gasteiger partial charge in [0.1, 0.15) is 11.6 Å². The number of carbonyl (C=O) groups excluding carboxylic acids is 2. The standard InChI is InChI=1S/C22H28FN5O2/c1-15-18(22(30)25-12-16-7-9-17(23)10-8-16)13-24-21(26-15)19-6-4-5-11-28(19)14-20(29)27(2)3/h7-10,13,19H,4-6,11-12,14H2,1-3H3,(H,25,30)/t19-/m0/s1. The fourth-order valence-electron chi connectivity index (χ4n) is 3.54. The van der Waals surface area contributed by atoms with Crippen LogP contribution in [0.3, 0.4) is 0 Å². The summed E-state index contributed by atoms with van der Waals surface area (Å²) in [5.74, 6) is 0.116. The number of likely N-dealkylation sites (N-methyl/N-ethyl adjacent to an activating group) is 1. The highest BCUT2D eigenvalue weighted by Crippen LogP contribution is 2.29. The molecule has 3 rings (SSSR count). The van der Waals surface area contributed by atoms with E-state index in [0.717, 1.165) is 31.4 Å². The van der Waals surface area contributed by atoms with Gasteiger partial charge in [0.15, 0.2) is 0 Å². The number of halogens is 1. The molecule has 1 aromatic carbocycles. The summed E-state index contributed by atoms with van der Waals surface area (Å²) in [5.41, 5.74) is 1.82. The van der Waals surface area contributed by atoms with Gasteiger partial charge in [0, 0.05) is 26.8 Å². The molecule has 30 heavy (non-hydrogen) atoms. The van der Waals surface area contributed by atoms with E-state index in [1.165, 1.54) is 12.1 Å². The molecular formula is C22H28FN5O2. The molecule has 1 aliphatic rings.